The van der Waals surface area contributed by atoms with Gasteiger partial charge in [0.2, 0.25) is 0 Å². The molecule has 0 atom stereocenters. The number of amides is 1. The number of hydrogen-bond acceptors (Lipinski definition) is 4. The van der Waals surface area contributed by atoms with E-state index >= 15 is 0 Å². The molecule has 0 spiro atoms. The molecule has 2 N–H and O–H groups in total. The third-order valence-electron chi connectivity index (χ3n) is 4.12. The maximum atomic E-state index is 13.3. The molecule has 0 heterocycles. The molecule has 0 radical (unpaired) electrons. The number of likely N-dealkylation sites (N-methyl/N-ethyl adjacent to an activating group) is 1. The number of hydrogen-bond donors (Lipinski definition) is 2. The average molecular weight is 324 g/mol. The first kappa shape index (κ1) is 17.2. The fourth-order valence-corrected chi connectivity index (χ4v) is 2.80. The summed E-state index contributed by atoms with van der Waals surface area (Å²) in [5, 5.41) is 11.7. The zero-order valence-electron chi connectivity index (χ0n) is 13.2. The lowest BCUT2D eigenvalue weighted by atomic mass is 9.85. The van der Waals surface area contributed by atoms with E-state index in [2.05, 4.69) is 5.32 Å². The molecule has 0 bridgehead atoms. The Hall–Kier alpha value is -2.15. The van der Waals surface area contributed by atoms with Gasteiger partial charge in [-0.3, -0.25) is 14.5 Å². The number of ether oxygens (including phenoxy) is 1. The van der Waals surface area contributed by atoms with E-state index in [1.165, 1.54) is 19.2 Å². The summed E-state index contributed by atoms with van der Waals surface area (Å²) in [5.74, 6) is -1.42. The van der Waals surface area contributed by atoms with Gasteiger partial charge in [-0.15, -0.1) is 0 Å². The number of nitrogens with zero attached hydrogens (tertiary/aromatic N) is 1. The molecule has 126 valence electrons. The Kier molecular flexibility index (Phi) is 5.54. The molecule has 1 aromatic carbocycles. The summed E-state index contributed by atoms with van der Waals surface area (Å²) in [7, 11) is 1.43. The van der Waals surface area contributed by atoms with E-state index in [1.807, 2.05) is 11.8 Å². The van der Waals surface area contributed by atoms with Gasteiger partial charge in [-0.05, 0) is 37.6 Å². The number of halogens is 1. The van der Waals surface area contributed by atoms with Crippen LogP contribution in [0.1, 0.15) is 30.1 Å². The van der Waals surface area contributed by atoms with Gasteiger partial charge < -0.3 is 15.2 Å². The van der Waals surface area contributed by atoms with Gasteiger partial charge in [-0.2, -0.15) is 0 Å². The third kappa shape index (κ3) is 4.19. The van der Waals surface area contributed by atoms with Gasteiger partial charge >= 0.3 is 5.97 Å². The summed E-state index contributed by atoms with van der Waals surface area (Å²) >= 11 is 0. The van der Waals surface area contributed by atoms with E-state index in [4.69, 9.17) is 9.84 Å². The molecule has 1 saturated carbocycles. The molecular formula is C16H21FN2O4. The monoisotopic (exact) mass is 324 g/mol. The quantitative estimate of drug-likeness (QED) is 0.795. The molecule has 2 rings (SSSR count). The van der Waals surface area contributed by atoms with Crippen LogP contribution in [0.4, 0.5) is 4.39 Å². The van der Waals surface area contributed by atoms with Crippen molar-refractivity contribution in [3.63, 3.8) is 0 Å². The first-order valence-electron chi connectivity index (χ1n) is 7.54. The standard InChI is InChI=1S/C16H21FN2O4/c1-3-19(9-15(20)21)12-7-11(8-12)18-16(22)13-6-10(17)4-5-14(13)23-2/h4-6,11-12H,3,7-9H2,1-2H3,(H,18,22)(H,20,21). The highest BCUT2D eigenvalue weighted by Crippen LogP contribution is 2.27. The van der Waals surface area contributed by atoms with Crippen molar-refractivity contribution in [2.75, 3.05) is 20.2 Å². The van der Waals surface area contributed by atoms with Gasteiger partial charge in [-0.1, -0.05) is 6.92 Å². The normalized spacial score (nSPS) is 20.0. The largest absolute Gasteiger partial charge is 0.496 e. The van der Waals surface area contributed by atoms with Gasteiger partial charge in [0.1, 0.15) is 11.6 Å². The predicted molar refractivity (Wildman–Crippen MR) is 82.1 cm³/mol. The van der Waals surface area contributed by atoms with Crippen LogP contribution in [-0.2, 0) is 4.79 Å². The number of nitrogens with one attached hydrogen (secondary N) is 1. The van der Waals surface area contributed by atoms with Crippen LogP contribution in [0.2, 0.25) is 0 Å². The zero-order chi connectivity index (χ0) is 17.0. The number of benzene rings is 1. The third-order valence-corrected chi connectivity index (χ3v) is 4.12. The van der Waals surface area contributed by atoms with Crippen molar-refractivity contribution in [3.05, 3.63) is 29.6 Å². The summed E-state index contributed by atoms with van der Waals surface area (Å²) in [5.41, 5.74) is 0.161. The zero-order valence-corrected chi connectivity index (χ0v) is 13.2. The van der Waals surface area contributed by atoms with Crippen LogP contribution in [0.15, 0.2) is 18.2 Å². The summed E-state index contributed by atoms with van der Waals surface area (Å²) < 4.78 is 18.4. The lowest BCUT2D eigenvalue weighted by Gasteiger charge is -2.42. The molecule has 0 unspecified atom stereocenters. The number of carboxylic acid groups (broad SMARTS) is 1. The molecule has 6 nitrogen and oxygen atoms in total. The molecule has 1 fully saturated rings. The molecule has 1 amide bonds. The number of carboxylic acids is 1. The Morgan fingerprint density at radius 1 is 1.43 bits per heavy atom. The summed E-state index contributed by atoms with van der Waals surface area (Å²) in [6.45, 7) is 2.56. The van der Waals surface area contributed by atoms with E-state index in [1.54, 1.807) is 0 Å². The van der Waals surface area contributed by atoms with Crippen LogP contribution < -0.4 is 10.1 Å². The Balaban J connectivity index is 1.91. The second-order valence-corrected chi connectivity index (χ2v) is 5.60. The number of aliphatic carboxylic acids is 1. The highest BCUT2D eigenvalue weighted by Gasteiger charge is 2.35. The minimum atomic E-state index is -0.858. The smallest absolute Gasteiger partial charge is 0.317 e. The van der Waals surface area contributed by atoms with E-state index < -0.39 is 11.8 Å². The lowest BCUT2D eigenvalue weighted by molar-refractivity contribution is -0.139. The number of carbonyl (C=O) groups excluding carboxylic acids is 1. The molecule has 1 aliphatic rings. The van der Waals surface area contributed by atoms with Gasteiger partial charge in [0.05, 0.1) is 19.2 Å². The van der Waals surface area contributed by atoms with Gasteiger partial charge in [0.15, 0.2) is 0 Å². The molecule has 0 saturated heterocycles. The van der Waals surface area contributed by atoms with Crippen LogP contribution >= 0.6 is 0 Å². The van der Waals surface area contributed by atoms with Gasteiger partial charge in [0, 0.05) is 12.1 Å². The maximum absolute atomic E-state index is 13.3. The molecule has 7 heteroatoms. The Morgan fingerprint density at radius 2 is 2.13 bits per heavy atom. The fraction of sp³-hybridized carbons (Fsp3) is 0.500. The number of rotatable bonds is 7. The van der Waals surface area contributed by atoms with Crippen LogP contribution in [0.3, 0.4) is 0 Å². The van der Waals surface area contributed by atoms with Crippen molar-refractivity contribution in [1.82, 2.24) is 10.2 Å². The Morgan fingerprint density at radius 3 is 2.70 bits per heavy atom. The average Bonchev–Trinajstić information content (AvgIpc) is 2.48. The molecule has 0 aliphatic heterocycles. The van der Waals surface area contributed by atoms with Crippen LogP contribution in [0.25, 0.3) is 0 Å². The molecule has 23 heavy (non-hydrogen) atoms. The molecule has 1 aromatic rings. The van der Waals surface area contributed by atoms with Crippen molar-refractivity contribution in [3.8, 4) is 5.75 Å². The summed E-state index contributed by atoms with van der Waals surface area (Å²) in [6, 6.07) is 3.91. The number of carbonyl (C=O) groups is 2. The van der Waals surface area contributed by atoms with Gasteiger partial charge in [-0.25, -0.2) is 4.39 Å². The van der Waals surface area contributed by atoms with E-state index in [9.17, 15) is 14.0 Å². The Labute approximate surface area is 134 Å². The maximum Gasteiger partial charge on any atom is 0.317 e. The summed E-state index contributed by atoms with van der Waals surface area (Å²) in [6.07, 6.45) is 1.37. The van der Waals surface area contributed by atoms with Crippen LogP contribution in [0, 0.1) is 5.82 Å². The van der Waals surface area contributed by atoms with Gasteiger partial charge in [0.25, 0.3) is 5.91 Å². The lowest BCUT2D eigenvalue weighted by Crippen LogP contribution is -2.54. The van der Waals surface area contributed by atoms with Crippen molar-refractivity contribution in [2.24, 2.45) is 0 Å². The minimum absolute atomic E-state index is 0.000444. The highest BCUT2D eigenvalue weighted by molar-refractivity contribution is 5.97. The van der Waals surface area contributed by atoms with Crippen molar-refractivity contribution >= 4 is 11.9 Å². The minimum Gasteiger partial charge on any atom is -0.496 e. The van der Waals surface area contributed by atoms with Crippen LogP contribution in [0.5, 0.6) is 5.75 Å². The SMILES string of the molecule is CCN(CC(=O)O)C1CC(NC(=O)c2cc(F)ccc2OC)C1. The highest BCUT2D eigenvalue weighted by atomic mass is 19.1. The van der Waals surface area contributed by atoms with E-state index in [0.29, 0.717) is 25.1 Å². The predicted octanol–water partition coefficient (Wildman–Crippen LogP) is 1.50. The van der Waals surface area contributed by atoms with E-state index in [0.717, 1.165) is 6.07 Å². The molecule has 0 aromatic heterocycles. The van der Waals surface area contributed by atoms with Crippen molar-refractivity contribution in [2.45, 2.75) is 31.8 Å². The van der Waals surface area contributed by atoms with Crippen LogP contribution in [-0.4, -0.2) is 54.2 Å². The molecule has 1 aliphatic carbocycles. The fourth-order valence-electron chi connectivity index (χ4n) is 2.80. The molecular weight excluding hydrogens is 303 g/mol. The Bertz CT molecular complexity index is 587. The summed E-state index contributed by atoms with van der Waals surface area (Å²) in [4.78, 5) is 24.9. The van der Waals surface area contributed by atoms with Crippen molar-refractivity contribution < 1.29 is 23.8 Å². The van der Waals surface area contributed by atoms with E-state index in [-0.39, 0.29) is 30.1 Å². The second-order valence-electron chi connectivity index (χ2n) is 5.60. The first-order valence-corrected chi connectivity index (χ1v) is 7.54. The van der Waals surface area contributed by atoms with Crippen molar-refractivity contribution in [1.29, 1.82) is 0 Å². The second kappa shape index (κ2) is 7.41. The first-order chi connectivity index (χ1) is 10.9. The topological polar surface area (TPSA) is 78.9 Å². The number of methoxy groups -OCH3 is 1.